The van der Waals surface area contributed by atoms with Gasteiger partial charge >= 0.3 is 5.97 Å². The minimum atomic E-state index is -0.491. The number of benzene rings is 2. The van der Waals surface area contributed by atoms with Crippen LogP contribution in [0, 0.1) is 0 Å². The monoisotopic (exact) mass is 285 g/mol. The molecule has 0 saturated heterocycles. The van der Waals surface area contributed by atoms with Gasteiger partial charge in [0.25, 0.3) is 0 Å². The van der Waals surface area contributed by atoms with Gasteiger partial charge in [0.05, 0.1) is 12.7 Å². The molecule has 2 aromatic carbocycles. The fourth-order valence-electron chi connectivity index (χ4n) is 1.75. The van der Waals surface area contributed by atoms with Crippen molar-refractivity contribution in [1.82, 2.24) is 0 Å². The highest BCUT2D eigenvalue weighted by molar-refractivity contribution is 5.92. The summed E-state index contributed by atoms with van der Waals surface area (Å²) in [6, 6.07) is 13.3. The molecule has 1 amide bonds. The molecule has 2 N–H and O–H groups in total. The Morgan fingerprint density at radius 3 is 2.38 bits per heavy atom. The van der Waals surface area contributed by atoms with Gasteiger partial charge in [-0.05, 0) is 35.9 Å². The Morgan fingerprint density at radius 2 is 1.76 bits per heavy atom. The lowest BCUT2D eigenvalue weighted by atomic mass is 10.1. The third-order valence-corrected chi connectivity index (χ3v) is 2.91. The van der Waals surface area contributed by atoms with Gasteiger partial charge in [0, 0.05) is 5.56 Å². The fourth-order valence-corrected chi connectivity index (χ4v) is 1.75. The zero-order valence-electron chi connectivity index (χ0n) is 11.5. The minimum Gasteiger partial charge on any atom is -0.497 e. The second-order valence-corrected chi connectivity index (χ2v) is 4.37. The molecular weight excluding hydrogens is 270 g/mol. The van der Waals surface area contributed by atoms with E-state index in [1.54, 1.807) is 48.5 Å². The number of nitrogens with two attached hydrogens (primary N) is 1. The van der Waals surface area contributed by atoms with Crippen molar-refractivity contribution in [2.24, 2.45) is 5.73 Å². The Kier molecular flexibility index (Phi) is 4.56. The van der Waals surface area contributed by atoms with Gasteiger partial charge in [-0.25, -0.2) is 4.79 Å². The van der Waals surface area contributed by atoms with Crippen LogP contribution in [0.5, 0.6) is 5.75 Å². The lowest BCUT2D eigenvalue weighted by molar-refractivity contribution is 0.0472. The van der Waals surface area contributed by atoms with Crippen LogP contribution in [0.25, 0.3) is 0 Å². The van der Waals surface area contributed by atoms with Gasteiger partial charge in [0.2, 0.25) is 5.91 Å². The van der Waals surface area contributed by atoms with E-state index in [0.29, 0.717) is 16.9 Å². The van der Waals surface area contributed by atoms with Crippen LogP contribution < -0.4 is 10.5 Å². The van der Waals surface area contributed by atoms with Crippen molar-refractivity contribution in [3.8, 4) is 5.75 Å². The largest absolute Gasteiger partial charge is 0.497 e. The number of carbonyl (C=O) groups is 2. The molecule has 2 rings (SSSR count). The standard InChI is InChI=1S/C16H15NO4/c1-20-14-4-2-3-13(9-14)16(19)21-10-11-5-7-12(8-6-11)15(17)18/h2-9H,10H2,1H3,(H2,17,18). The average Bonchev–Trinajstić information content (AvgIpc) is 2.53. The van der Waals surface area contributed by atoms with E-state index in [1.807, 2.05) is 0 Å². The number of ether oxygens (including phenoxy) is 2. The number of esters is 1. The smallest absolute Gasteiger partial charge is 0.338 e. The third-order valence-electron chi connectivity index (χ3n) is 2.91. The first-order chi connectivity index (χ1) is 10.1. The van der Waals surface area contributed by atoms with Gasteiger partial charge < -0.3 is 15.2 Å². The van der Waals surface area contributed by atoms with Crippen LogP contribution in [-0.2, 0) is 11.3 Å². The molecule has 0 unspecified atom stereocenters. The van der Waals surface area contributed by atoms with E-state index in [9.17, 15) is 9.59 Å². The van der Waals surface area contributed by atoms with Gasteiger partial charge in [0.15, 0.2) is 0 Å². The summed E-state index contributed by atoms with van der Waals surface area (Å²) in [5.74, 6) is -0.335. The Balaban J connectivity index is 1.98. The van der Waals surface area contributed by atoms with Crippen LogP contribution in [0.15, 0.2) is 48.5 Å². The molecule has 0 aliphatic rings. The number of rotatable bonds is 5. The molecule has 108 valence electrons. The van der Waals surface area contributed by atoms with Crippen LogP contribution in [0.1, 0.15) is 26.3 Å². The first-order valence-electron chi connectivity index (χ1n) is 6.30. The molecule has 21 heavy (non-hydrogen) atoms. The van der Waals surface area contributed by atoms with Gasteiger partial charge in [-0.3, -0.25) is 4.79 Å². The first-order valence-corrected chi connectivity index (χ1v) is 6.30. The van der Waals surface area contributed by atoms with Crippen LogP contribution in [0.2, 0.25) is 0 Å². The molecule has 0 radical (unpaired) electrons. The predicted molar refractivity (Wildman–Crippen MR) is 77.1 cm³/mol. The topological polar surface area (TPSA) is 78.6 Å². The molecule has 5 heteroatoms. The number of carbonyl (C=O) groups excluding carboxylic acids is 2. The molecule has 0 spiro atoms. The van der Waals surface area contributed by atoms with E-state index >= 15 is 0 Å². The second-order valence-electron chi connectivity index (χ2n) is 4.37. The number of primary amides is 1. The fraction of sp³-hybridized carbons (Fsp3) is 0.125. The summed E-state index contributed by atoms with van der Waals surface area (Å²) >= 11 is 0. The minimum absolute atomic E-state index is 0.120. The molecule has 0 aliphatic heterocycles. The quantitative estimate of drug-likeness (QED) is 0.854. The van der Waals surface area contributed by atoms with E-state index in [-0.39, 0.29) is 6.61 Å². The number of hydrogen-bond acceptors (Lipinski definition) is 4. The van der Waals surface area contributed by atoms with Gasteiger partial charge in [-0.1, -0.05) is 18.2 Å². The lowest BCUT2D eigenvalue weighted by Gasteiger charge is -2.06. The highest BCUT2D eigenvalue weighted by Gasteiger charge is 2.08. The van der Waals surface area contributed by atoms with Crippen LogP contribution in [0.4, 0.5) is 0 Å². The molecule has 0 fully saturated rings. The zero-order valence-corrected chi connectivity index (χ0v) is 11.5. The molecule has 0 atom stereocenters. The van der Waals surface area contributed by atoms with Crippen molar-refractivity contribution in [1.29, 1.82) is 0 Å². The summed E-state index contributed by atoms with van der Waals surface area (Å²) in [4.78, 5) is 22.9. The summed E-state index contributed by atoms with van der Waals surface area (Å²) in [6.45, 7) is 0.120. The molecule has 5 nitrogen and oxygen atoms in total. The molecule has 0 heterocycles. The van der Waals surface area contributed by atoms with E-state index in [4.69, 9.17) is 15.2 Å². The van der Waals surface area contributed by atoms with Crippen LogP contribution >= 0.6 is 0 Å². The first kappa shape index (κ1) is 14.6. The maximum Gasteiger partial charge on any atom is 0.338 e. The van der Waals surface area contributed by atoms with Gasteiger partial charge in [-0.2, -0.15) is 0 Å². The van der Waals surface area contributed by atoms with Crippen molar-refractivity contribution in [2.75, 3.05) is 7.11 Å². The van der Waals surface area contributed by atoms with E-state index in [1.165, 1.54) is 7.11 Å². The summed E-state index contributed by atoms with van der Waals surface area (Å²) in [5, 5.41) is 0. The maximum absolute atomic E-state index is 11.9. The summed E-state index contributed by atoms with van der Waals surface area (Å²) in [5.41, 5.74) is 6.76. The van der Waals surface area contributed by atoms with Crippen molar-refractivity contribution < 1.29 is 19.1 Å². The van der Waals surface area contributed by atoms with Crippen molar-refractivity contribution in [3.05, 3.63) is 65.2 Å². The Bertz CT molecular complexity index is 650. The summed E-state index contributed by atoms with van der Waals surface area (Å²) in [7, 11) is 1.53. The van der Waals surface area contributed by atoms with E-state index < -0.39 is 11.9 Å². The van der Waals surface area contributed by atoms with Gasteiger partial charge in [-0.15, -0.1) is 0 Å². The number of hydrogen-bond donors (Lipinski definition) is 1. The highest BCUT2D eigenvalue weighted by Crippen LogP contribution is 2.14. The zero-order chi connectivity index (χ0) is 15.2. The molecular formula is C16H15NO4. The van der Waals surface area contributed by atoms with Crippen molar-refractivity contribution in [2.45, 2.75) is 6.61 Å². The highest BCUT2D eigenvalue weighted by atomic mass is 16.5. The van der Waals surface area contributed by atoms with E-state index in [2.05, 4.69) is 0 Å². The van der Waals surface area contributed by atoms with Crippen LogP contribution in [0.3, 0.4) is 0 Å². The second kappa shape index (κ2) is 6.56. The van der Waals surface area contributed by atoms with E-state index in [0.717, 1.165) is 5.56 Å². The molecule has 0 aliphatic carbocycles. The summed E-state index contributed by atoms with van der Waals surface area (Å²) < 4.78 is 10.3. The Labute approximate surface area is 122 Å². The predicted octanol–water partition coefficient (Wildman–Crippen LogP) is 2.15. The Morgan fingerprint density at radius 1 is 1.05 bits per heavy atom. The number of methoxy groups -OCH3 is 1. The van der Waals surface area contributed by atoms with Gasteiger partial charge in [0.1, 0.15) is 12.4 Å². The van der Waals surface area contributed by atoms with Crippen LogP contribution in [-0.4, -0.2) is 19.0 Å². The lowest BCUT2D eigenvalue weighted by Crippen LogP contribution is -2.11. The molecule has 0 saturated carbocycles. The normalized spacial score (nSPS) is 9.95. The Hall–Kier alpha value is -2.82. The SMILES string of the molecule is COc1cccc(C(=O)OCc2ccc(C(N)=O)cc2)c1. The van der Waals surface area contributed by atoms with Crippen molar-refractivity contribution in [3.63, 3.8) is 0 Å². The van der Waals surface area contributed by atoms with Crippen molar-refractivity contribution >= 4 is 11.9 Å². The number of amides is 1. The molecule has 0 bridgehead atoms. The maximum atomic E-state index is 11.9. The molecule has 2 aromatic rings. The molecule has 0 aromatic heterocycles. The third kappa shape index (κ3) is 3.82. The summed E-state index contributed by atoms with van der Waals surface area (Å²) in [6.07, 6.45) is 0. The average molecular weight is 285 g/mol.